The Balaban J connectivity index is 1.12. The Labute approximate surface area is 294 Å². The summed E-state index contributed by atoms with van der Waals surface area (Å²) in [5, 5.41) is 13.7. The molecule has 0 saturated heterocycles. The lowest BCUT2D eigenvalue weighted by Crippen LogP contribution is -2.55. The highest BCUT2D eigenvalue weighted by Crippen LogP contribution is 2.67. The molecule has 4 aliphatic carbocycles. The van der Waals surface area contributed by atoms with Crippen LogP contribution in [0.2, 0.25) is 0 Å². The van der Waals surface area contributed by atoms with E-state index in [0.29, 0.717) is 16.9 Å². The van der Waals surface area contributed by atoms with Gasteiger partial charge in [-0.25, -0.2) is 0 Å². The second kappa shape index (κ2) is 19.2. The maximum atomic E-state index is 12.3. The van der Waals surface area contributed by atoms with E-state index >= 15 is 0 Å². The van der Waals surface area contributed by atoms with Gasteiger partial charge in [-0.05, 0) is 176 Å². The fraction of sp³-hybridized carbons (Fsp3) is 0.974. The highest BCUT2D eigenvalue weighted by molar-refractivity contribution is 7.85. The molecule has 9 atom stereocenters. The second-order valence-corrected chi connectivity index (χ2v) is 18.4. The predicted molar refractivity (Wildman–Crippen MR) is 197 cm³/mol. The van der Waals surface area contributed by atoms with Crippen molar-refractivity contribution in [3.05, 3.63) is 0 Å². The van der Waals surface area contributed by atoms with Crippen molar-refractivity contribution in [3.8, 4) is 0 Å². The van der Waals surface area contributed by atoms with Crippen LogP contribution in [0.25, 0.3) is 0 Å². The van der Waals surface area contributed by atoms with Crippen LogP contribution in [0.15, 0.2) is 0 Å². The maximum absolute atomic E-state index is 12.3. The average molecular weight is 696 g/mol. The van der Waals surface area contributed by atoms with E-state index in [1.54, 1.807) is 0 Å². The van der Waals surface area contributed by atoms with Crippen LogP contribution < -0.4 is 27.0 Å². The molecule has 0 heterocycles. The standard InChI is InChI=1S/C38H73N5O4S/c1-29(36(44)43-26-27-48(45,46)47)10-4-5-11-30-13-15-34-33-14-12-31-28-32(16-18-38(31,3)35(33)17-19-37(30,34)2)42-25-9-24-41-22-7-6-21-40-23-8-20-39/h29-35,40-42H,4-28,39H2,1-3H3,(H,43,44)(H,45,46,47). The van der Waals surface area contributed by atoms with Gasteiger partial charge in [0.1, 0.15) is 0 Å². The largest absolute Gasteiger partial charge is 0.355 e. The Hall–Kier alpha value is -0.780. The summed E-state index contributed by atoms with van der Waals surface area (Å²) in [5.74, 6) is 3.74. The van der Waals surface area contributed by atoms with Crippen LogP contribution in [0.5, 0.6) is 0 Å². The number of nitrogens with two attached hydrogens (primary N) is 1. The fourth-order valence-electron chi connectivity index (χ4n) is 11.0. The zero-order chi connectivity index (χ0) is 34.6. The number of hydrogen-bond acceptors (Lipinski definition) is 7. The summed E-state index contributed by atoms with van der Waals surface area (Å²) in [7, 11) is -4.04. The summed E-state index contributed by atoms with van der Waals surface area (Å²) in [5.41, 5.74) is 6.55. The summed E-state index contributed by atoms with van der Waals surface area (Å²) >= 11 is 0. The number of hydrogen-bond donors (Lipinski definition) is 6. The molecule has 7 N–H and O–H groups in total. The van der Waals surface area contributed by atoms with Crippen molar-refractivity contribution in [2.45, 2.75) is 136 Å². The van der Waals surface area contributed by atoms with Gasteiger partial charge in [0.15, 0.2) is 0 Å². The summed E-state index contributed by atoms with van der Waals surface area (Å²) in [6.07, 6.45) is 21.7. The summed E-state index contributed by atoms with van der Waals surface area (Å²) in [4.78, 5) is 12.3. The maximum Gasteiger partial charge on any atom is 0.266 e. The molecular formula is C38H73N5O4S. The molecule has 0 aliphatic heterocycles. The summed E-state index contributed by atoms with van der Waals surface area (Å²) in [6, 6.07) is 0.703. The van der Waals surface area contributed by atoms with Crippen molar-refractivity contribution in [2.75, 3.05) is 51.6 Å². The lowest BCUT2D eigenvalue weighted by Gasteiger charge is -2.61. The highest BCUT2D eigenvalue weighted by atomic mass is 32.2. The van der Waals surface area contributed by atoms with Crippen molar-refractivity contribution in [1.82, 2.24) is 21.3 Å². The molecule has 1 amide bonds. The Morgan fingerprint density at radius 2 is 1.50 bits per heavy atom. The predicted octanol–water partition coefficient (Wildman–Crippen LogP) is 5.50. The third-order valence-electron chi connectivity index (χ3n) is 13.9. The first-order valence-corrected chi connectivity index (χ1v) is 21.7. The molecule has 4 fully saturated rings. The van der Waals surface area contributed by atoms with E-state index in [1.807, 2.05) is 6.92 Å². The van der Waals surface area contributed by atoms with Gasteiger partial charge in [0, 0.05) is 18.5 Å². The SMILES string of the molecule is CC(CCCCC1CCC2C3CCC4CC(NCCCNCCCCNCCCN)CCC4(C)C3CCC12C)C(=O)NCCS(=O)(=O)O. The van der Waals surface area contributed by atoms with Gasteiger partial charge in [-0.15, -0.1) is 0 Å². The molecule has 0 aromatic rings. The van der Waals surface area contributed by atoms with Crippen molar-refractivity contribution >= 4 is 16.0 Å². The Bertz CT molecular complexity index is 1080. The van der Waals surface area contributed by atoms with Crippen LogP contribution in [0, 0.1) is 46.3 Å². The first kappa shape index (κ1) is 40.0. The van der Waals surface area contributed by atoms with E-state index in [1.165, 1.54) is 89.9 Å². The van der Waals surface area contributed by atoms with E-state index < -0.39 is 15.9 Å². The fourth-order valence-corrected chi connectivity index (χ4v) is 11.3. The smallest absolute Gasteiger partial charge is 0.266 e. The monoisotopic (exact) mass is 696 g/mol. The van der Waals surface area contributed by atoms with Gasteiger partial charge >= 0.3 is 0 Å². The molecule has 10 heteroatoms. The topological polar surface area (TPSA) is 146 Å². The van der Waals surface area contributed by atoms with E-state index in [2.05, 4.69) is 35.1 Å². The number of amides is 1. The lowest BCUT2D eigenvalue weighted by atomic mass is 9.44. The Morgan fingerprint density at radius 1 is 0.812 bits per heavy atom. The van der Waals surface area contributed by atoms with Gasteiger partial charge in [-0.2, -0.15) is 8.42 Å². The molecule has 0 spiro atoms. The number of unbranched alkanes of at least 4 members (excludes halogenated alkanes) is 2. The summed E-state index contributed by atoms with van der Waals surface area (Å²) < 4.78 is 30.7. The molecule has 4 saturated carbocycles. The minimum Gasteiger partial charge on any atom is -0.355 e. The normalized spacial score (nSPS) is 33.9. The summed E-state index contributed by atoms with van der Waals surface area (Å²) in [6.45, 7) is 13.5. The van der Waals surface area contributed by atoms with Gasteiger partial charge in [0.2, 0.25) is 5.91 Å². The lowest BCUT2D eigenvalue weighted by molar-refractivity contribution is -0.124. The number of fused-ring (bicyclic) bond motifs is 5. The molecule has 4 rings (SSSR count). The molecule has 0 bridgehead atoms. The molecule has 280 valence electrons. The molecule has 4 aliphatic rings. The first-order valence-electron chi connectivity index (χ1n) is 20.1. The van der Waals surface area contributed by atoms with Crippen LogP contribution in [0.4, 0.5) is 0 Å². The van der Waals surface area contributed by atoms with Crippen molar-refractivity contribution in [3.63, 3.8) is 0 Å². The number of rotatable bonds is 22. The number of carbonyl (C=O) groups excluding carboxylic acids is 1. The third kappa shape index (κ3) is 11.1. The zero-order valence-corrected chi connectivity index (χ0v) is 31.7. The van der Waals surface area contributed by atoms with E-state index in [0.717, 1.165) is 88.1 Å². The van der Waals surface area contributed by atoms with Crippen LogP contribution in [0.1, 0.15) is 130 Å². The molecule has 9 nitrogen and oxygen atoms in total. The minimum absolute atomic E-state index is 0.0306. The van der Waals surface area contributed by atoms with Gasteiger partial charge in [-0.3, -0.25) is 9.35 Å². The average Bonchev–Trinajstić information content (AvgIpc) is 3.38. The van der Waals surface area contributed by atoms with E-state index in [-0.39, 0.29) is 18.4 Å². The zero-order valence-electron chi connectivity index (χ0n) is 30.9. The van der Waals surface area contributed by atoms with Gasteiger partial charge in [0.05, 0.1) is 5.75 Å². The van der Waals surface area contributed by atoms with Crippen LogP contribution in [-0.4, -0.2) is 76.5 Å². The third-order valence-corrected chi connectivity index (χ3v) is 14.6. The molecule has 0 aromatic heterocycles. The van der Waals surface area contributed by atoms with Gasteiger partial charge in [0.25, 0.3) is 10.1 Å². The molecule has 0 aromatic carbocycles. The minimum atomic E-state index is -4.04. The van der Waals surface area contributed by atoms with E-state index in [9.17, 15) is 13.2 Å². The first-order chi connectivity index (χ1) is 23.0. The van der Waals surface area contributed by atoms with Crippen molar-refractivity contribution in [1.29, 1.82) is 0 Å². The highest BCUT2D eigenvalue weighted by Gasteiger charge is 2.59. The number of carbonyl (C=O) groups is 1. The molecule has 9 unspecified atom stereocenters. The Morgan fingerprint density at radius 3 is 2.23 bits per heavy atom. The molecule has 0 radical (unpaired) electrons. The van der Waals surface area contributed by atoms with Crippen LogP contribution in [0.3, 0.4) is 0 Å². The van der Waals surface area contributed by atoms with Crippen LogP contribution in [-0.2, 0) is 14.9 Å². The van der Waals surface area contributed by atoms with Crippen molar-refractivity contribution < 1.29 is 17.8 Å². The van der Waals surface area contributed by atoms with Crippen molar-refractivity contribution in [2.24, 2.45) is 52.1 Å². The molecule has 48 heavy (non-hydrogen) atoms. The second-order valence-electron chi connectivity index (χ2n) is 16.9. The van der Waals surface area contributed by atoms with Crippen LogP contribution >= 0.6 is 0 Å². The van der Waals surface area contributed by atoms with Gasteiger partial charge < -0.3 is 27.0 Å². The number of nitrogens with one attached hydrogen (secondary N) is 4. The van der Waals surface area contributed by atoms with E-state index in [4.69, 9.17) is 10.3 Å². The Kier molecular flexibility index (Phi) is 16.0. The van der Waals surface area contributed by atoms with Gasteiger partial charge in [-0.1, -0.05) is 33.6 Å². The molecular weight excluding hydrogens is 623 g/mol. The quantitative estimate of drug-likeness (QED) is 0.0644.